The molecule has 106 valence electrons. The van der Waals surface area contributed by atoms with Crippen molar-refractivity contribution >= 4 is 11.5 Å². The van der Waals surface area contributed by atoms with Crippen molar-refractivity contribution in [1.82, 2.24) is 14.5 Å². The Morgan fingerprint density at radius 2 is 2.47 bits per heavy atom. The minimum Gasteiger partial charge on any atom is -0.373 e. The first-order chi connectivity index (χ1) is 9.17. The van der Waals surface area contributed by atoms with Gasteiger partial charge in [-0.1, -0.05) is 18.3 Å². The second-order valence-corrected chi connectivity index (χ2v) is 7.02. The topological polar surface area (TPSA) is 38.2 Å². The van der Waals surface area contributed by atoms with Crippen molar-refractivity contribution in [3.8, 4) is 0 Å². The predicted molar refractivity (Wildman–Crippen MR) is 76.0 cm³/mol. The van der Waals surface area contributed by atoms with Gasteiger partial charge >= 0.3 is 0 Å². The maximum Gasteiger partial charge on any atom is 0.0895 e. The molecule has 2 fully saturated rings. The molecule has 2 aliphatic heterocycles. The van der Waals surface area contributed by atoms with E-state index in [1.165, 1.54) is 30.8 Å². The van der Waals surface area contributed by atoms with Crippen LogP contribution in [0.25, 0.3) is 0 Å². The summed E-state index contributed by atoms with van der Waals surface area (Å²) in [5, 5.41) is 6.20. The van der Waals surface area contributed by atoms with Crippen molar-refractivity contribution in [2.24, 2.45) is 11.8 Å². The largest absolute Gasteiger partial charge is 0.373 e. The zero-order valence-corrected chi connectivity index (χ0v) is 12.7. The SMILES string of the molecule is CC(C)[C@@H]1CO[C@@]2(CCCN(Cc3csnn3)C2)C1. The van der Waals surface area contributed by atoms with Crippen molar-refractivity contribution in [2.45, 2.75) is 45.3 Å². The molecular formula is C14H23N3OS. The second kappa shape index (κ2) is 5.46. The molecule has 19 heavy (non-hydrogen) atoms. The van der Waals surface area contributed by atoms with E-state index in [9.17, 15) is 0 Å². The Morgan fingerprint density at radius 3 is 3.16 bits per heavy atom. The molecule has 3 heterocycles. The molecule has 0 saturated carbocycles. The smallest absolute Gasteiger partial charge is 0.0895 e. The molecule has 2 atom stereocenters. The van der Waals surface area contributed by atoms with Crippen molar-refractivity contribution in [3.05, 3.63) is 11.1 Å². The number of rotatable bonds is 3. The monoisotopic (exact) mass is 281 g/mol. The number of nitrogens with zero attached hydrogens (tertiary/aromatic N) is 3. The zero-order valence-electron chi connectivity index (χ0n) is 11.8. The Morgan fingerprint density at radius 1 is 1.58 bits per heavy atom. The van der Waals surface area contributed by atoms with E-state index in [0.717, 1.165) is 43.8 Å². The highest BCUT2D eigenvalue weighted by Gasteiger charge is 2.44. The fourth-order valence-corrected chi connectivity index (χ4v) is 3.84. The van der Waals surface area contributed by atoms with Crippen LogP contribution in [-0.2, 0) is 11.3 Å². The molecule has 1 aromatic heterocycles. The van der Waals surface area contributed by atoms with Crippen LogP contribution in [0.2, 0.25) is 0 Å². The summed E-state index contributed by atoms with van der Waals surface area (Å²) in [4.78, 5) is 2.49. The van der Waals surface area contributed by atoms with Gasteiger partial charge in [-0.05, 0) is 49.2 Å². The average Bonchev–Trinajstić information content (AvgIpc) is 3.00. The van der Waals surface area contributed by atoms with E-state index < -0.39 is 0 Å². The number of ether oxygens (including phenoxy) is 1. The van der Waals surface area contributed by atoms with Crippen molar-refractivity contribution in [2.75, 3.05) is 19.7 Å². The van der Waals surface area contributed by atoms with Gasteiger partial charge in [-0.3, -0.25) is 4.90 Å². The highest BCUT2D eigenvalue weighted by molar-refractivity contribution is 7.03. The van der Waals surface area contributed by atoms with E-state index in [0.29, 0.717) is 0 Å². The molecule has 0 unspecified atom stereocenters. The van der Waals surface area contributed by atoms with Gasteiger partial charge in [0, 0.05) is 18.5 Å². The van der Waals surface area contributed by atoms with Gasteiger partial charge in [0.1, 0.15) is 0 Å². The van der Waals surface area contributed by atoms with Crippen LogP contribution in [0.3, 0.4) is 0 Å². The quantitative estimate of drug-likeness (QED) is 0.853. The van der Waals surface area contributed by atoms with Crippen LogP contribution >= 0.6 is 11.5 Å². The lowest BCUT2D eigenvalue weighted by Crippen LogP contribution is -2.47. The minimum absolute atomic E-state index is 0.122. The van der Waals surface area contributed by atoms with Crippen molar-refractivity contribution in [3.63, 3.8) is 0 Å². The van der Waals surface area contributed by atoms with Gasteiger partial charge < -0.3 is 4.74 Å². The maximum absolute atomic E-state index is 6.23. The average molecular weight is 281 g/mol. The van der Waals surface area contributed by atoms with Gasteiger partial charge in [-0.25, -0.2) is 0 Å². The Balaban J connectivity index is 1.62. The molecule has 0 N–H and O–H groups in total. The molecule has 1 aromatic rings. The summed E-state index contributed by atoms with van der Waals surface area (Å²) in [6.07, 6.45) is 3.70. The van der Waals surface area contributed by atoms with Crippen LogP contribution in [0.4, 0.5) is 0 Å². The highest BCUT2D eigenvalue weighted by atomic mass is 32.1. The molecule has 0 amide bonds. The fraction of sp³-hybridized carbons (Fsp3) is 0.857. The summed E-state index contributed by atoms with van der Waals surface area (Å²) in [6.45, 7) is 8.73. The molecule has 0 bridgehead atoms. The molecule has 2 aliphatic rings. The van der Waals surface area contributed by atoms with Crippen molar-refractivity contribution < 1.29 is 4.74 Å². The zero-order chi connectivity index (χ0) is 13.3. The molecular weight excluding hydrogens is 258 g/mol. The molecule has 4 nitrogen and oxygen atoms in total. The van der Waals surface area contributed by atoms with Crippen molar-refractivity contribution in [1.29, 1.82) is 0 Å². The maximum atomic E-state index is 6.23. The number of aromatic nitrogens is 2. The molecule has 0 radical (unpaired) electrons. The van der Waals surface area contributed by atoms with Crippen LogP contribution < -0.4 is 0 Å². The number of likely N-dealkylation sites (tertiary alicyclic amines) is 1. The number of hydrogen-bond donors (Lipinski definition) is 0. The first-order valence-electron chi connectivity index (χ1n) is 7.29. The lowest BCUT2D eigenvalue weighted by Gasteiger charge is -2.39. The van der Waals surface area contributed by atoms with E-state index in [4.69, 9.17) is 4.74 Å². The third-order valence-corrected chi connectivity index (χ3v) is 5.14. The molecule has 3 rings (SSSR count). The predicted octanol–water partition coefficient (Wildman–Crippen LogP) is 2.57. The van der Waals surface area contributed by atoms with E-state index in [1.807, 2.05) is 5.38 Å². The number of piperidine rings is 1. The van der Waals surface area contributed by atoms with Gasteiger partial charge in [0.2, 0.25) is 0 Å². The van der Waals surface area contributed by atoms with Gasteiger partial charge in [-0.2, -0.15) is 0 Å². The van der Waals surface area contributed by atoms with Crippen LogP contribution in [0.15, 0.2) is 5.38 Å². The Labute approximate surface area is 119 Å². The summed E-state index contributed by atoms with van der Waals surface area (Å²) >= 11 is 1.44. The highest BCUT2D eigenvalue weighted by Crippen LogP contribution is 2.40. The summed E-state index contributed by atoms with van der Waals surface area (Å²) in [7, 11) is 0. The lowest BCUT2D eigenvalue weighted by molar-refractivity contribution is -0.0538. The summed E-state index contributed by atoms with van der Waals surface area (Å²) < 4.78 is 10.2. The van der Waals surface area contributed by atoms with Gasteiger partial charge in [0.25, 0.3) is 0 Å². The van der Waals surface area contributed by atoms with E-state index in [1.54, 1.807) is 0 Å². The summed E-state index contributed by atoms with van der Waals surface area (Å²) in [6, 6.07) is 0. The van der Waals surface area contributed by atoms with Crippen LogP contribution in [0.1, 0.15) is 38.8 Å². The van der Waals surface area contributed by atoms with Crippen LogP contribution in [-0.4, -0.2) is 39.8 Å². The lowest BCUT2D eigenvalue weighted by atomic mass is 9.83. The molecule has 2 saturated heterocycles. The van der Waals surface area contributed by atoms with E-state index in [2.05, 4.69) is 28.3 Å². The molecule has 1 spiro atoms. The molecule has 5 heteroatoms. The molecule has 0 aliphatic carbocycles. The first-order valence-corrected chi connectivity index (χ1v) is 8.13. The first kappa shape index (κ1) is 13.5. The second-order valence-electron chi connectivity index (χ2n) is 6.41. The molecule has 0 aromatic carbocycles. The minimum atomic E-state index is 0.122. The van der Waals surface area contributed by atoms with Gasteiger partial charge in [0.05, 0.1) is 17.9 Å². The third kappa shape index (κ3) is 2.98. The Hall–Kier alpha value is -0.520. The van der Waals surface area contributed by atoms with E-state index in [-0.39, 0.29) is 5.60 Å². The fourth-order valence-electron chi connectivity index (χ4n) is 3.40. The van der Waals surface area contributed by atoms with E-state index >= 15 is 0 Å². The van der Waals surface area contributed by atoms with Crippen LogP contribution in [0, 0.1) is 11.8 Å². The van der Waals surface area contributed by atoms with Crippen LogP contribution in [0.5, 0.6) is 0 Å². The Bertz CT molecular complexity index is 409. The third-order valence-electron chi connectivity index (χ3n) is 4.59. The Kier molecular flexibility index (Phi) is 3.87. The standard InChI is InChI=1S/C14H23N3OS/c1-11(2)12-6-14(18-8-12)4-3-5-17(10-14)7-13-9-19-16-15-13/h9,11-12H,3-8,10H2,1-2H3/t12-,14-/m0/s1. The normalized spacial score (nSPS) is 32.5. The summed E-state index contributed by atoms with van der Waals surface area (Å²) in [5.41, 5.74) is 1.22. The number of hydrogen-bond acceptors (Lipinski definition) is 5. The van der Waals surface area contributed by atoms with Gasteiger partial charge in [-0.15, -0.1) is 5.10 Å². The van der Waals surface area contributed by atoms with Gasteiger partial charge in [0.15, 0.2) is 0 Å². The summed E-state index contributed by atoms with van der Waals surface area (Å²) in [5.74, 6) is 1.47.